The lowest BCUT2D eigenvalue weighted by Gasteiger charge is -2.10. The van der Waals surface area contributed by atoms with Gasteiger partial charge in [-0.1, -0.05) is 30.3 Å². The highest BCUT2D eigenvalue weighted by Gasteiger charge is 2.18. The quantitative estimate of drug-likeness (QED) is 0.394. The van der Waals surface area contributed by atoms with E-state index in [0.29, 0.717) is 17.1 Å². The third-order valence-electron chi connectivity index (χ3n) is 3.67. The number of nitrogens with zero attached hydrogens (tertiary/aromatic N) is 3. The first kappa shape index (κ1) is 17.2. The van der Waals surface area contributed by atoms with Crippen LogP contribution in [-0.2, 0) is 4.74 Å². The van der Waals surface area contributed by atoms with Crippen molar-refractivity contribution in [2.45, 2.75) is 6.92 Å². The molecule has 0 bridgehead atoms. The maximum absolute atomic E-state index is 12.3. The van der Waals surface area contributed by atoms with Gasteiger partial charge in [0.25, 0.3) is 5.69 Å². The molecule has 0 atom stereocenters. The molecular formula is C19H15N3O4. The number of carbonyl (C=O) groups excluding carboxylic acids is 1. The summed E-state index contributed by atoms with van der Waals surface area (Å²) < 4.78 is 5.07. The van der Waals surface area contributed by atoms with Crippen LogP contribution in [0.2, 0.25) is 0 Å². The van der Waals surface area contributed by atoms with Gasteiger partial charge in [-0.05, 0) is 19.1 Å². The summed E-state index contributed by atoms with van der Waals surface area (Å²) in [6.45, 7) is 1.93. The molecular weight excluding hydrogens is 334 g/mol. The van der Waals surface area contributed by atoms with Gasteiger partial charge in [0.1, 0.15) is 5.56 Å². The lowest BCUT2D eigenvalue weighted by molar-refractivity contribution is -0.384. The van der Waals surface area contributed by atoms with Gasteiger partial charge in [0.2, 0.25) is 0 Å². The molecule has 26 heavy (non-hydrogen) atoms. The molecule has 0 unspecified atom stereocenters. The molecule has 130 valence electrons. The average molecular weight is 349 g/mol. The number of rotatable bonds is 5. The second-order valence-corrected chi connectivity index (χ2v) is 5.35. The molecule has 0 spiro atoms. The Labute approximate surface area is 149 Å². The van der Waals surface area contributed by atoms with Crippen LogP contribution in [0.5, 0.6) is 0 Å². The van der Waals surface area contributed by atoms with Gasteiger partial charge in [-0.25, -0.2) is 14.8 Å². The first-order valence-corrected chi connectivity index (χ1v) is 7.94. The van der Waals surface area contributed by atoms with Crippen molar-refractivity contribution in [3.8, 4) is 22.6 Å². The highest BCUT2D eigenvalue weighted by Crippen LogP contribution is 2.26. The molecule has 0 radical (unpaired) electrons. The molecule has 2 aromatic carbocycles. The van der Waals surface area contributed by atoms with Crippen molar-refractivity contribution in [3.05, 3.63) is 76.5 Å². The predicted octanol–water partition coefficient (Wildman–Crippen LogP) is 3.90. The van der Waals surface area contributed by atoms with Crippen LogP contribution in [0.4, 0.5) is 5.69 Å². The topological polar surface area (TPSA) is 95.2 Å². The van der Waals surface area contributed by atoms with Crippen molar-refractivity contribution in [1.82, 2.24) is 9.97 Å². The van der Waals surface area contributed by atoms with E-state index in [0.717, 1.165) is 5.56 Å². The van der Waals surface area contributed by atoms with Crippen molar-refractivity contribution in [2.24, 2.45) is 0 Å². The zero-order valence-corrected chi connectivity index (χ0v) is 14.0. The zero-order chi connectivity index (χ0) is 18.5. The summed E-state index contributed by atoms with van der Waals surface area (Å²) >= 11 is 0. The van der Waals surface area contributed by atoms with Crippen LogP contribution in [0, 0.1) is 10.1 Å². The maximum Gasteiger partial charge on any atom is 0.341 e. The molecule has 0 aliphatic rings. The Morgan fingerprint density at radius 2 is 1.77 bits per heavy atom. The average Bonchev–Trinajstić information content (AvgIpc) is 2.68. The molecule has 0 N–H and O–H groups in total. The summed E-state index contributed by atoms with van der Waals surface area (Å²) in [5.74, 6) is -0.0903. The molecule has 1 aromatic heterocycles. The van der Waals surface area contributed by atoms with Crippen molar-refractivity contribution in [2.75, 3.05) is 6.61 Å². The third-order valence-corrected chi connectivity index (χ3v) is 3.67. The molecule has 3 rings (SSSR count). The summed E-state index contributed by atoms with van der Waals surface area (Å²) in [5.41, 5.74) is 1.90. The van der Waals surface area contributed by atoms with Gasteiger partial charge in [0.15, 0.2) is 5.82 Å². The van der Waals surface area contributed by atoms with Crippen LogP contribution >= 0.6 is 0 Å². The minimum Gasteiger partial charge on any atom is -0.462 e. The van der Waals surface area contributed by atoms with E-state index in [4.69, 9.17) is 4.74 Å². The Morgan fingerprint density at radius 3 is 2.38 bits per heavy atom. The maximum atomic E-state index is 12.3. The van der Waals surface area contributed by atoms with Gasteiger partial charge >= 0.3 is 5.97 Å². The fraction of sp³-hybridized carbons (Fsp3) is 0.105. The summed E-state index contributed by atoms with van der Waals surface area (Å²) in [6.07, 6.45) is 1.42. The first-order valence-electron chi connectivity index (χ1n) is 7.94. The van der Waals surface area contributed by atoms with Gasteiger partial charge < -0.3 is 4.74 Å². The monoisotopic (exact) mass is 349 g/mol. The lowest BCUT2D eigenvalue weighted by atomic mass is 10.1. The Morgan fingerprint density at radius 1 is 1.08 bits per heavy atom. The molecule has 0 amide bonds. The summed E-state index contributed by atoms with van der Waals surface area (Å²) in [4.78, 5) is 31.4. The molecule has 0 aliphatic heterocycles. The van der Waals surface area contributed by atoms with E-state index in [1.807, 2.05) is 30.3 Å². The number of hydrogen-bond donors (Lipinski definition) is 0. The van der Waals surface area contributed by atoms with Gasteiger partial charge in [-0.3, -0.25) is 10.1 Å². The van der Waals surface area contributed by atoms with E-state index in [9.17, 15) is 14.9 Å². The van der Waals surface area contributed by atoms with E-state index in [1.165, 1.54) is 18.3 Å². The van der Waals surface area contributed by atoms with Crippen LogP contribution in [0.15, 0.2) is 60.8 Å². The fourth-order valence-electron chi connectivity index (χ4n) is 2.43. The normalized spacial score (nSPS) is 10.3. The number of benzene rings is 2. The van der Waals surface area contributed by atoms with Crippen molar-refractivity contribution < 1.29 is 14.5 Å². The first-order chi connectivity index (χ1) is 12.6. The van der Waals surface area contributed by atoms with Gasteiger partial charge in [-0.15, -0.1) is 0 Å². The molecule has 0 saturated heterocycles. The Kier molecular flexibility index (Phi) is 4.98. The zero-order valence-electron chi connectivity index (χ0n) is 14.0. The van der Waals surface area contributed by atoms with Gasteiger partial charge in [0.05, 0.1) is 17.2 Å². The Bertz CT molecular complexity index is 941. The highest BCUT2D eigenvalue weighted by molar-refractivity contribution is 5.96. The van der Waals surface area contributed by atoms with E-state index in [2.05, 4.69) is 9.97 Å². The summed E-state index contributed by atoms with van der Waals surface area (Å²) in [6, 6.07) is 15.2. The van der Waals surface area contributed by atoms with E-state index in [1.54, 1.807) is 19.1 Å². The molecule has 1 heterocycles. The number of ether oxygens (including phenoxy) is 1. The van der Waals surface area contributed by atoms with Crippen molar-refractivity contribution in [3.63, 3.8) is 0 Å². The van der Waals surface area contributed by atoms with Gasteiger partial charge in [-0.2, -0.15) is 0 Å². The molecule has 0 aliphatic carbocycles. The smallest absolute Gasteiger partial charge is 0.341 e. The second-order valence-electron chi connectivity index (χ2n) is 5.35. The standard InChI is InChI=1S/C19H15N3O4/c1-2-26-19(23)16-12-20-18(14-6-4-3-5-7-14)21-17(16)13-8-10-15(11-9-13)22(24)25/h3-12H,2H2,1H3. The number of nitro groups is 1. The Hall–Kier alpha value is -3.61. The SMILES string of the molecule is CCOC(=O)c1cnc(-c2ccccc2)nc1-c1ccc([N+](=O)[O-])cc1. The minimum atomic E-state index is -0.541. The number of non-ortho nitro benzene ring substituents is 1. The van der Waals surface area contributed by atoms with Crippen LogP contribution in [0.1, 0.15) is 17.3 Å². The van der Waals surface area contributed by atoms with Crippen molar-refractivity contribution in [1.29, 1.82) is 0 Å². The third kappa shape index (κ3) is 3.56. The molecule has 7 nitrogen and oxygen atoms in total. The number of aromatic nitrogens is 2. The summed E-state index contributed by atoms with van der Waals surface area (Å²) in [7, 11) is 0. The van der Waals surface area contributed by atoms with Crippen LogP contribution in [0.25, 0.3) is 22.6 Å². The minimum absolute atomic E-state index is 0.0382. The number of carbonyl (C=O) groups is 1. The number of nitro benzene ring substituents is 1. The number of hydrogen-bond acceptors (Lipinski definition) is 6. The Balaban J connectivity index is 2.12. The molecule has 0 saturated carbocycles. The second kappa shape index (κ2) is 7.52. The van der Waals surface area contributed by atoms with E-state index in [-0.39, 0.29) is 17.9 Å². The molecule has 3 aromatic rings. The van der Waals surface area contributed by atoms with E-state index < -0.39 is 10.9 Å². The van der Waals surface area contributed by atoms with Crippen LogP contribution in [-0.4, -0.2) is 27.5 Å². The molecule has 7 heteroatoms. The highest BCUT2D eigenvalue weighted by atomic mass is 16.6. The van der Waals surface area contributed by atoms with E-state index >= 15 is 0 Å². The van der Waals surface area contributed by atoms with Crippen LogP contribution < -0.4 is 0 Å². The predicted molar refractivity (Wildman–Crippen MR) is 95.5 cm³/mol. The van der Waals surface area contributed by atoms with Gasteiger partial charge in [0, 0.05) is 29.5 Å². The lowest BCUT2D eigenvalue weighted by Crippen LogP contribution is -2.09. The fourth-order valence-corrected chi connectivity index (χ4v) is 2.43. The summed E-state index contributed by atoms with van der Waals surface area (Å²) in [5, 5.41) is 10.9. The number of esters is 1. The van der Waals surface area contributed by atoms with Crippen molar-refractivity contribution >= 4 is 11.7 Å². The largest absolute Gasteiger partial charge is 0.462 e. The van der Waals surface area contributed by atoms with Crippen LogP contribution in [0.3, 0.4) is 0 Å². The molecule has 0 fully saturated rings.